The lowest BCUT2D eigenvalue weighted by Crippen LogP contribution is -2.49. The molecule has 3 aromatic rings. The van der Waals surface area contributed by atoms with Crippen LogP contribution in [0.15, 0.2) is 54.6 Å². The minimum absolute atomic E-state index is 0.0785. The van der Waals surface area contributed by atoms with E-state index in [1.54, 1.807) is 18.2 Å². The van der Waals surface area contributed by atoms with Crippen molar-refractivity contribution >= 4 is 22.1 Å². The number of rotatable bonds is 14. The number of nitrogens with zero attached hydrogens (tertiary/aromatic N) is 3. The van der Waals surface area contributed by atoms with Gasteiger partial charge >= 0.3 is 12.0 Å². The van der Waals surface area contributed by atoms with Gasteiger partial charge in [0.15, 0.2) is 0 Å². The molecule has 0 radical (unpaired) electrons. The topological polar surface area (TPSA) is 166 Å². The minimum atomic E-state index is -3.76. The van der Waals surface area contributed by atoms with Crippen LogP contribution in [0.3, 0.4) is 0 Å². The Morgan fingerprint density at radius 3 is 2.17 bits per heavy atom. The fourth-order valence-corrected chi connectivity index (χ4v) is 6.17. The summed E-state index contributed by atoms with van der Waals surface area (Å²) in [6.45, 7) is 0.746. The third kappa shape index (κ3) is 8.05. The van der Waals surface area contributed by atoms with Crippen molar-refractivity contribution in [2.45, 2.75) is 37.1 Å². The highest BCUT2D eigenvalue weighted by molar-refractivity contribution is 7.87. The van der Waals surface area contributed by atoms with Crippen molar-refractivity contribution < 1.29 is 27.4 Å². The van der Waals surface area contributed by atoms with E-state index in [2.05, 4.69) is 47.2 Å². The number of carbonyl (C=O) groups is 1. The Morgan fingerprint density at radius 1 is 0.881 bits per heavy atom. The van der Waals surface area contributed by atoms with Crippen molar-refractivity contribution in [3.05, 3.63) is 65.7 Å². The van der Waals surface area contributed by atoms with E-state index < -0.39 is 10.2 Å². The van der Waals surface area contributed by atoms with Crippen LogP contribution < -0.4 is 34.3 Å². The van der Waals surface area contributed by atoms with Crippen LogP contribution in [0.2, 0.25) is 0 Å². The molecule has 1 amide bonds. The highest BCUT2D eigenvalue weighted by atomic mass is 32.2. The molecule has 1 saturated carbocycles. The number of para-hydroxylation sites is 1. The molecule has 226 valence electrons. The molecule has 1 aliphatic carbocycles. The maximum Gasteiger partial charge on any atom is 0.324 e. The van der Waals surface area contributed by atoms with Crippen molar-refractivity contribution in [1.82, 2.24) is 29.7 Å². The molecule has 1 aliphatic rings. The van der Waals surface area contributed by atoms with Gasteiger partial charge in [-0.05, 0) is 43.4 Å². The van der Waals surface area contributed by atoms with Gasteiger partial charge in [0.25, 0.3) is 16.1 Å². The van der Waals surface area contributed by atoms with Crippen LogP contribution in [0.4, 0.5) is 5.95 Å². The molecular weight excluding hydrogens is 562 g/mol. The number of anilines is 1. The smallest absolute Gasteiger partial charge is 0.324 e. The Hall–Kier alpha value is -4.01. The van der Waals surface area contributed by atoms with Crippen molar-refractivity contribution in [3.8, 4) is 17.8 Å². The Kier molecular flexibility index (Phi) is 10.5. The van der Waals surface area contributed by atoms with Gasteiger partial charge in [0.2, 0.25) is 5.95 Å². The molecule has 0 atom stereocenters. The molecule has 0 aliphatic heterocycles. The molecule has 42 heavy (non-hydrogen) atoms. The molecule has 14 heteroatoms. The Balaban J connectivity index is 1.32. The van der Waals surface area contributed by atoms with Gasteiger partial charge in [-0.25, -0.2) is 4.72 Å². The number of hydrogen-bond acceptors (Lipinski definition) is 10. The van der Waals surface area contributed by atoms with Gasteiger partial charge in [0.1, 0.15) is 5.75 Å². The van der Waals surface area contributed by atoms with Gasteiger partial charge in [-0.15, -0.1) is 4.98 Å². The molecule has 4 N–H and O–H groups in total. The van der Waals surface area contributed by atoms with Crippen molar-refractivity contribution in [1.29, 1.82) is 0 Å². The molecule has 0 unspecified atom stereocenters. The fraction of sp³-hybridized carbons (Fsp3) is 0.429. The zero-order chi connectivity index (χ0) is 30.0. The lowest BCUT2D eigenvalue weighted by Gasteiger charge is -2.41. The lowest BCUT2D eigenvalue weighted by molar-refractivity contribution is 0.0932. The summed E-state index contributed by atoms with van der Waals surface area (Å²) in [6.07, 6.45) is 2.62. The molecule has 1 fully saturated rings. The highest BCUT2D eigenvalue weighted by Crippen LogP contribution is 2.39. The van der Waals surface area contributed by atoms with Crippen LogP contribution in [-0.2, 0) is 15.6 Å². The van der Waals surface area contributed by atoms with E-state index in [1.807, 2.05) is 24.3 Å². The summed E-state index contributed by atoms with van der Waals surface area (Å²) < 4.78 is 46.2. The van der Waals surface area contributed by atoms with Gasteiger partial charge in [0, 0.05) is 31.1 Å². The molecular formula is C28H37N7O6S. The van der Waals surface area contributed by atoms with E-state index in [4.69, 9.17) is 14.2 Å². The minimum Gasteiger partial charge on any atom is -0.496 e. The number of methoxy groups -OCH3 is 3. The van der Waals surface area contributed by atoms with Crippen LogP contribution >= 0.6 is 0 Å². The van der Waals surface area contributed by atoms with E-state index in [1.165, 1.54) is 21.3 Å². The van der Waals surface area contributed by atoms with E-state index in [0.717, 1.165) is 5.56 Å². The SMILES string of the molecule is COc1nc(NCCNS(=O)(=O)NC2CCC(CNC(=O)c3ccccc3OC)(c3ccccc3)CC2)nc(OC)n1. The monoisotopic (exact) mass is 599 g/mol. The summed E-state index contributed by atoms with van der Waals surface area (Å²) in [5, 5.41) is 6.02. The normalized spacial score (nSPS) is 18.6. The second-order valence-electron chi connectivity index (χ2n) is 9.88. The zero-order valence-corrected chi connectivity index (χ0v) is 24.7. The molecule has 1 aromatic heterocycles. The summed E-state index contributed by atoms with van der Waals surface area (Å²) in [7, 11) is 0.623. The number of aromatic nitrogens is 3. The van der Waals surface area contributed by atoms with E-state index in [9.17, 15) is 13.2 Å². The predicted molar refractivity (Wildman–Crippen MR) is 157 cm³/mol. The Bertz CT molecular complexity index is 1410. The standard InChI is InChI=1S/C28H37N7O6S/c1-39-23-12-8-7-11-22(23)24(36)30-19-28(20-9-5-4-6-10-20)15-13-21(14-16-28)35-42(37,38)31-18-17-29-25-32-26(40-2)34-27(33-25)41-3/h4-12,21,31,35H,13-19H2,1-3H3,(H,30,36)(H,29,32,33,34). The Labute approximate surface area is 246 Å². The fourth-order valence-electron chi connectivity index (χ4n) is 5.04. The predicted octanol–water partition coefficient (Wildman–Crippen LogP) is 2.04. The van der Waals surface area contributed by atoms with Crippen molar-refractivity contribution in [2.75, 3.05) is 46.3 Å². The first-order chi connectivity index (χ1) is 20.3. The summed E-state index contributed by atoms with van der Waals surface area (Å²) >= 11 is 0. The Morgan fingerprint density at radius 2 is 1.52 bits per heavy atom. The van der Waals surface area contributed by atoms with E-state index in [0.29, 0.717) is 43.5 Å². The molecule has 0 saturated heterocycles. The summed E-state index contributed by atoms with van der Waals surface area (Å²) in [6, 6.07) is 17.1. The van der Waals surface area contributed by atoms with Crippen molar-refractivity contribution in [3.63, 3.8) is 0 Å². The highest BCUT2D eigenvalue weighted by Gasteiger charge is 2.38. The van der Waals surface area contributed by atoms with Gasteiger partial charge in [-0.2, -0.15) is 23.1 Å². The average Bonchev–Trinajstić information content (AvgIpc) is 3.02. The third-order valence-corrected chi connectivity index (χ3v) is 8.48. The number of carbonyl (C=O) groups excluding carboxylic acids is 1. The van der Waals surface area contributed by atoms with Crippen LogP contribution in [0, 0.1) is 0 Å². The van der Waals surface area contributed by atoms with Gasteiger partial charge < -0.3 is 24.8 Å². The van der Waals surface area contributed by atoms with Crippen LogP contribution in [0.25, 0.3) is 0 Å². The first-order valence-electron chi connectivity index (χ1n) is 13.6. The quantitative estimate of drug-likeness (QED) is 0.202. The lowest BCUT2D eigenvalue weighted by atomic mass is 9.68. The third-order valence-electron chi connectivity index (χ3n) is 7.25. The maximum absolute atomic E-state index is 13.1. The molecule has 2 aromatic carbocycles. The number of hydrogen-bond donors (Lipinski definition) is 4. The maximum atomic E-state index is 13.1. The second-order valence-corrected chi connectivity index (χ2v) is 11.4. The zero-order valence-electron chi connectivity index (χ0n) is 23.9. The van der Waals surface area contributed by atoms with Crippen LogP contribution in [0.5, 0.6) is 17.8 Å². The van der Waals surface area contributed by atoms with E-state index >= 15 is 0 Å². The number of nitrogens with one attached hydrogen (secondary N) is 4. The number of benzene rings is 2. The first kappa shape index (κ1) is 30.9. The molecule has 4 rings (SSSR count). The second kappa shape index (κ2) is 14.2. The van der Waals surface area contributed by atoms with Gasteiger partial charge in [-0.1, -0.05) is 42.5 Å². The van der Waals surface area contributed by atoms with Crippen LogP contribution in [-0.4, -0.2) is 76.3 Å². The van der Waals surface area contributed by atoms with Gasteiger partial charge in [-0.3, -0.25) is 4.79 Å². The first-order valence-corrected chi connectivity index (χ1v) is 15.1. The summed E-state index contributed by atoms with van der Waals surface area (Å²) in [5.41, 5.74) is 1.26. The van der Waals surface area contributed by atoms with Crippen molar-refractivity contribution in [2.24, 2.45) is 0 Å². The molecule has 13 nitrogen and oxygen atoms in total. The average molecular weight is 600 g/mol. The summed E-state index contributed by atoms with van der Waals surface area (Å²) in [4.78, 5) is 25.1. The summed E-state index contributed by atoms with van der Waals surface area (Å²) in [5.74, 6) is 0.503. The number of amides is 1. The largest absolute Gasteiger partial charge is 0.496 e. The van der Waals surface area contributed by atoms with E-state index in [-0.39, 0.29) is 48.4 Å². The molecule has 0 bridgehead atoms. The van der Waals surface area contributed by atoms with Gasteiger partial charge in [0.05, 0.1) is 26.9 Å². The number of ether oxygens (including phenoxy) is 3. The van der Waals surface area contributed by atoms with Crippen LogP contribution in [0.1, 0.15) is 41.6 Å². The molecule has 0 spiro atoms. The molecule has 1 heterocycles.